The molecular weight excluding hydrogens is 647 g/mol. The maximum absolute atomic E-state index is 12.4. The second-order valence-electron chi connectivity index (χ2n) is 8.44. The largest absolute Gasteiger partial charge is 0.493 e. The quantitative estimate of drug-likeness (QED) is 0.0627. The molecule has 0 aromatic heterocycles. The molecule has 12 nitrogen and oxygen atoms in total. The van der Waals surface area contributed by atoms with Gasteiger partial charge < -0.3 is 39.4 Å². The van der Waals surface area contributed by atoms with Crippen LogP contribution in [0.3, 0.4) is 0 Å². The molecule has 0 spiro atoms. The van der Waals surface area contributed by atoms with Gasteiger partial charge in [0.25, 0.3) is 0 Å². The molecule has 0 saturated carbocycles. The Hall–Kier alpha value is -4.16. The van der Waals surface area contributed by atoms with Crippen LogP contribution < -0.4 is 35.0 Å². The number of aliphatic hydroxyl groups is 1. The Kier molecular flexibility index (Phi) is 11.5. The van der Waals surface area contributed by atoms with Gasteiger partial charge in [-0.25, -0.2) is 9.59 Å². The number of halogens is 1. The fraction of sp³-hybridized carbons (Fsp3) is 0.321. The molecule has 0 fully saturated rings. The summed E-state index contributed by atoms with van der Waals surface area (Å²) in [4.78, 5) is 24.5. The van der Waals surface area contributed by atoms with Crippen LogP contribution in [0.4, 0.5) is 4.79 Å². The second-order valence-corrected chi connectivity index (χ2v) is 9.60. The van der Waals surface area contributed by atoms with Gasteiger partial charge in [0.2, 0.25) is 0 Å². The van der Waals surface area contributed by atoms with Crippen molar-refractivity contribution in [2.75, 3.05) is 34.0 Å². The van der Waals surface area contributed by atoms with Crippen LogP contribution in [0.25, 0.3) is 0 Å². The summed E-state index contributed by atoms with van der Waals surface area (Å²) in [5.41, 5.74) is 4.54. The summed E-state index contributed by atoms with van der Waals surface area (Å²) in [5.74, 6) is 3.59. The molecule has 0 unspecified atom stereocenters. The Labute approximate surface area is 251 Å². The molecular formula is C28H31IN4O8. The minimum absolute atomic E-state index is 0.112. The number of nitrogens with one attached hydrogen (secondary N) is 3. The van der Waals surface area contributed by atoms with E-state index in [4.69, 9.17) is 30.1 Å². The van der Waals surface area contributed by atoms with E-state index in [-0.39, 0.29) is 18.8 Å². The maximum atomic E-state index is 12.4. The van der Waals surface area contributed by atoms with Gasteiger partial charge in [-0.3, -0.25) is 5.43 Å². The van der Waals surface area contributed by atoms with Crippen molar-refractivity contribution in [1.29, 1.82) is 0 Å². The van der Waals surface area contributed by atoms with Crippen LogP contribution >= 0.6 is 22.6 Å². The molecule has 218 valence electrons. The van der Waals surface area contributed by atoms with E-state index in [1.807, 2.05) is 13.0 Å². The number of hydrogen-bond donors (Lipinski definition) is 4. The summed E-state index contributed by atoms with van der Waals surface area (Å²) >= 11 is 2.11. The normalized spacial score (nSPS) is 15.3. The summed E-state index contributed by atoms with van der Waals surface area (Å²) in [5, 5.41) is 19.8. The summed E-state index contributed by atoms with van der Waals surface area (Å²) in [6, 6.07) is 7.33. The van der Waals surface area contributed by atoms with Crippen molar-refractivity contribution in [3.05, 3.63) is 56.3 Å². The zero-order chi connectivity index (χ0) is 29.9. The smallest absolute Gasteiger partial charge is 0.337 e. The van der Waals surface area contributed by atoms with Gasteiger partial charge in [0.05, 0.1) is 42.2 Å². The first kappa shape index (κ1) is 31.4. The number of urea groups is 1. The molecule has 1 aliphatic heterocycles. The van der Waals surface area contributed by atoms with E-state index in [9.17, 15) is 14.7 Å². The Balaban J connectivity index is 1.69. The van der Waals surface area contributed by atoms with Crippen molar-refractivity contribution in [2.45, 2.75) is 26.1 Å². The number of terminal acetylenes is 1. The minimum atomic E-state index is -1.15. The Morgan fingerprint density at radius 1 is 1.22 bits per heavy atom. The van der Waals surface area contributed by atoms with Crippen LogP contribution in [0.15, 0.2) is 46.7 Å². The van der Waals surface area contributed by atoms with Crippen LogP contribution in [-0.2, 0) is 9.53 Å². The number of carbonyl (C=O) groups excluding carboxylic acids is 2. The predicted molar refractivity (Wildman–Crippen MR) is 159 cm³/mol. The average Bonchev–Trinajstić information content (AvgIpc) is 2.95. The number of allylic oxidation sites excluding steroid dienone is 1. The number of hydrogen-bond acceptors (Lipinski definition) is 10. The van der Waals surface area contributed by atoms with Gasteiger partial charge in [-0.1, -0.05) is 12.0 Å². The van der Waals surface area contributed by atoms with Crippen LogP contribution in [-0.4, -0.2) is 63.6 Å². The molecule has 2 atom stereocenters. The SMILES string of the molecule is C#CCOc1c(I)cc(/C=N\N[C@@H](O)COc2ccc([C@@H]3NC(=O)NC(C)=C3C(=O)OC)cc2OCC)cc1OC. The maximum Gasteiger partial charge on any atom is 0.337 e. The zero-order valence-corrected chi connectivity index (χ0v) is 25.1. The average molecular weight is 678 g/mol. The van der Waals surface area contributed by atoms with Crippen molar-refractivity contribution in [1.82, 2.24) is 16.1 Å². The lowest BCUT2D eigenvalue weighted by molar-refractivity contribution is -0.136. The predicted octanol–water partition coefficient (Wildman–Crippen LogP) is 2.83. The zero-order valence-electron chi connectivity index (χ0n) is 22.9. The Morgan fingerprint density at radius 2 is 2.00 bits per heavy atom. The lowest BCUT2D eigenvalue weighted by atomic mass is 9.95. The van der Waals surface area contributed by atoms with E-state index >= 15 is 0 Å². The highest BCUT2D eigenvalue weighted by Crippen LogP contribution is 2.35. The number of hydrazone groups is 1. The molecule has 2 aromatic carbocycles. The van der Waals surface area contributed by atoms with Gasteiger partial charge in [0.1, 0.15) is 13.2 Å². The molecule has 3 rings (SSSR count). The first-order chi connectivity index (χ1) is 19.7. The summed E-state index contributed by atoms with van der Waals surface area (Å²) in [6.45, 7) is 3.71. The summed E-state index contributed by atoms with van der Waals surface area (Å²) in [7, 11) is 2.79. The van der Waals surface area contributed by atoms with Crippen molar-refractivity contribution in [3.63, 3.8) is 0 Å². The monoisotopic (exact) mass is 678 g/mol. The molecule has 2 amide bonds. The second kappa shape index (κ2) is 15.0. The minimum Gasteiger partial charge on any atom is -0.493 e. The van der Waals surface area contributed by atoms with Gasteiger partial charge in [0, 0.05) is 5.70 Å². The number of benzene rings is 2. The summed E-state index contributed by atoms with van der Waals surface area (Å²) in [6.07, 6.45) is 5.63. The van der Waals surface area contributed by atoms with E-state index in [1.165, 1.54) is 20.4 Å². The number of amides is 2. The van der Waals surface area contributed by atoms with Gasteiger partial charge in [-0.2, -0.15) is 5.10 Å². The molecule has 2 aromatic rings. The first-order valence-electron chi connectivity index (χ1n) is 12.4. The standard InChI is InChI=1S/C28H31IN4O8/c1-6-10-40-26-19(29)11-17(12-22(26)37-4)14-30-33-23(34)15-41-20-9-8-18(13-21(20)39-7-2)25-24(27(35)38-5)16(3)31-28(36)32-25/h1,8-9,11-14,23,25,33-34H,7,10,15H2,2-5H3,(H2,31,32,36)/b30-14-/t23-,25-/m0/s1. The topological polar surface area (TPSA) is 149 Å². The van der Waals surface area contributed by atoms with E-state index in [0.717, 1.165) is 3.57 Å². The molecule has 0 saturated heterocycles. The van der Waals surface area contributed by atoms with E-state index in [0.29, 0.717) is 46.4 Å². The fourth-order valence-corrected chi connectivity index (χ4v) is 4.67. The number of rotatable bonds is 13. The molecule has 13 heteroatoms. The third-order valence-corrected chi connectivity index (χ3v) is 6.46. The summed E-state index contributed by atoms with van der Waals surface area (Å²) < 4.78 is 28.1. The number of esters is 1. The Bertz CT molecular complexity index is 1370. The molecule has 1 heterocycles. The van der Waals surface area contributed by atoms with E-state index in [1.54, 1.807) is 31.2 Å². The first-order valence-corrected chi connectivity index (χ1v) is 13.5. The van der Waals surface area contributed by atoms with Crippen LogP contribution in [0.5, 0.6) is 23.0 Å². The number of aliphatic hydroxyl groups excluding tert-OH is 1. The highest BCUT2D eigenvalue weighted by atomic mass is 127. The van der Waals surface area contributed by atoms with Crippen molar-refractivity contribution < 1.29 is 38.4 Å². The molecule has 0 bridgehead atoms. The molecule has 0 aliphatic carbocycles. The van der Waals surface area contributed by atoms with E-state index < -0.39 is 24.3 Å². The molecule has 0 radical (unpaired) electrons. The molecule has 4 N–H and O–H groups in total. The van der Waals surface area contributed by atoms with Gasteiger partial charge in [-0.15, -0.1) is 6.42 Å². The number of ether oxygens (including phenoxy) is 5. The van der Waals surface area contributed by atoms with E-state index in [2.05, 4.69) is 49.7 Å². The van der Waals surface area contributed by atoms with Gasteiger partial charge in [-0.05, 0) is 71.8 Å². The Morgan fingerprint density at radius 3 is 2.68 bits per heavy atom. The highest BCUT2D eigenvalue weighted by Gasteiger charge is 2.32. The van der Waals surface area contributed by atoms with Crippen molar-refractivity contribution in [2.24, 2.45) is 5.10 Å². The lowest BCUT2D eigenvalue weighted by Crippen LogP contribution is -2.45. The third kappa shape index (κ3) is 8.18. The third-order valence-electron chi connectivity index (χ3n) is 5.66. The van der Waals surface area contributed by atoms with Gasteiger partial charge >= 0.3 is 12.0 Å². The molecule has 41 heavy (non-hydrogen) atoms. The number of carbonyl (C=O) groups is 2. The van der Waals surface area contributed by atoms with Crippen LogP contribution in [0.1, 0.15) is 31.0 Å². The van der Waals surface area contributed by atoms with Crippen molar-refractivity contribution in [3.8, 4) is 35.3 Å². The number of methoxy groups -OCH3 is 2. The molecule has 1 aliphatic rings. The number of nitrogens with zero attached hydrogens (tertiary/aromatic N) is 1. The van der Waals surface area contributed by atoms with Gasteiger partial charge in [0.15, 0.2) is 29.2 Å². The van der Waals surface area contributed by atoms with Crippen LogP contribution in [0.2, 0.25) is 0 Å². The van der Waals surface area contributed by atoms with Crippen molar-refractivity contribution >= 4 is 40.8 Å². The highest BCUT2D eigenvalue weighted by molar-refractivity contribution is 14.1. The lowest BCUT2D eigenvalue weighted by Gasteiger charge is -2.28. The fourth-order valence-electron chi connectivity index (χ4n) is 3.89. The van der Waals surface area contributed by atoms with Crippen LogP contribution in [0, 0.1) is 15.9 Å².